The maximum atomic E-state index is 13.4. The molecule has 3 rings (SSSR count). The van der Waals surface area contributed by atoms with Crippen LogP contribution in [0.25, 0.3) is 0 Å². The van der Waals surface area contributed by atoms with E-state index in [9.17, 15) is 4.39 Å². The molecule has 0 aromatic heterocycles. The van der Waals surface area contributed by atoms with Gasteiger partial charge in [-0.05, 0) is 25.1 Å². The van der Waals surface area contributed by atoms with Crippen LogP contribution in [0.15, 0.2) is 36.4 Å². The quantitative estimate of drug-likeness (QED) is 0.915. The molecule has 1 heterocycles. The molecule has 0 saturated heterocycles. The first-order valence-corrected chi connectivity index (χ1v) is 6.12. The standard InChI is InChI=1S/C15H14FNO2/c1-10-12(16)5-3-6-13(10)17-8-11-4-2-7-14-15(11)19-9-18-14/h2-7,17H,8-9H2,1H3. The predicted molar refractivity (Wildman–Crippen MR) is 71.0 cm³/mol. The van der Waals surface area contributed by atoms with Crippen molar-refractivity contribution in [2.45, 2.75) is 13.5 Å². The summed E-state index contributed by atoms with van der Waals surface area (Å²) in [7, 11) is 0. The molecule has 0 amide bonds. The topological polar surface area (TPSA) is 30.5 Å². The van der Waals surface area contributed by atoms with Gasteiger partial charge in [0.1, 0.15) is 5.82 Å². The molecular formula is C15H14FNO2. The van der Waals surface area contributed by atoms with Crippen molar-refractivity contribution in [1.29, 1.82) is 0 Å². The van der Waals surface area contributed by atoms with E-state index in [-0.39, 0.29) is 12.6 Å². The Bertz CT molecular complexity index is 613. The SMILES string of the molecule is Cc1c(F)cccc1NCc1cccc2c1OCO2. The number of ether oxygens (including phenoxy) is 2. The Balaban J connectivity index is 1.80. The lowest BCUT2D eigenvalue weighted by atomic mass is 10.1. The van der Waals surface area contributed by atoms with Crippen molar-refractivity contribution in [3.63, 3.8) is 0 Å². The van der Waals surface area contributed by atoms with Gasteiger partial charge in [0.15, 0.2) is 11.5 Å². The van der Waals surface area contributed by atoms with Gasteiger partial charge in [-0.25, -0.2) is 4.39 Å². The van der Waals surface area contributed by atoms with Crippen molar-refractivity contribution in [3.8, 4) is 11.5 Å². The average molecular weight is 259 g/mol. The molecule has 3 nitrogen and oxygen atoms in total. The molecular weight excluding hydrogens is 245 g/mol. The van der Waals surface area contributed by atoms with Gasteiger partial charge in [-0.15, -0.1) is 0 Å². The fraction of sp³-hybridized carbons (Fsp3) is 0.200. The lowest BCUT2D eigenvalue weighted by Gasteiger charge is -2.11. The molecule has 0 fully saturated rings. The molecule has 2 aromatic rings. The number of benzene rings is 2. The number of para-hydroxylation sites is 1. The van der Waals surface area contributed by atoms with Gasteiger partial charge in [0.05, 0.1) is 0 Å². The van der Waals surface area contributed by atoms with E-state index in [0.717, 1.165) is 22.7 Å². The van der Waals surface area contributed by atoms with Crippen LogP contribution in [0.3, 0.4) is 0 Å². The molecule has 2 aromatic carbocycles. The molecule has 1 N–H and O–H groups in total. The van der Waals surface area contributed by atoms with Crippen LogP contribution in [0.5, 0.6) is 11.5 Å². The van der Waals surface area contributed by atoms with Crippen molar-refractivity contribution >= 4 is 5.69 Å². The van der Waals surface area contributed by atoms with Gasteiger partial charge in [0.2, 0.25) is 6.79 Å². The van der Waals surface area contributed by atoms with Gasteiger partial charge < -0.3 is 14.8 Å². The summed E-state index contributed by atoms with van der Waals surface area (Å²) in [6.45, 7) is 2.58. The maximum Gasteiger partial charge on any atom is 0.231 e. The highest BCUT2D eigenvalue weighted by Crippen LogP contribution is 2.35. The fourth-order valence-electron chi connectivity index (χ4n) is 2.12. The lowest BCUT2D eigenvalue weighted by molar-refractivity contribution is 0.173. The zero-order valence-corrected chi connectivity index (χ0v) is 10.6. The van der Waals surface area contributed by atoms with E-state index >= 15 is 0 Å². The first kappa shape index (κ1) is 11.8. The van der Waals surface area contributed by atoms with Gasteiger partial charge in [0, 0.05) is 23.4 Å². The molecule has 0 aliphatic carbocycles. The molecule has 0 atom stereocenters. The second-order valence-electron chi connectivity index (χ2n) is 4.42. The highest BCUT2D eigenvalue weighted by atomic mass is 19.1. The number of halogens is 1. The molecule has 0 saturated carbocycles. The normalized spacial score (nSPS) is 12.5. The number of anilines is 1. The molecule has 0 spiro atoms. The summed E-state index contributed by atoms with van der Waals surface area (Å²) >= 11 is 0. The molecule has 0 radical (unpaired) electrons. The van der Waals surface area contributed by atoms with Crippen molar-refractivity contribution in [1.82, 2.24) is 0 Å². The van der Waals surface area contributed by atoms with E-state index in [1.165, 1.54) is 6.07 Å². The van der Waals surface area contributed by atoms with Crippen LogP contribution < -0.4 is 14.8 Å². The molecule has 98 valence electrons. The second kappa shape index (κ2) is 4.80. The summed E-state index contributed by atoms with van der Waals surface area (Å²) in [5.41, 5.74) is 2.41. The van der Waals surface area contributed by atoms with Gasteiger partial charge >= 0.3 is 0 Å². The third kappa shape index (κ3) is 2.21. The zero-order valence-electron chi connectivity index (χ0n) is 10.6. The Kier molecular flexibility index (Phi) is 2.99. The smallest absolute Gasteiger partial charge is 0.231 e. The second-order valence-corrected chi connectivity index (χ2v) is 4.42. The Labute approximate surface area is 111 Å². The van der Waals surface area contributed by atoms with Gasteiger partial charge in [-0.3, -0.25) is 0 Å². The summed E-state index contributed by atoms with van der Waals surface area (Å²) < 4.78 is 24.2. The summed E-state index contributed by atoms with van der Waals surface area (Å²) in [6.07, 6.45) is 0. The average Bonchev–Trinajstić information content (AvgIpc) is 2.89. The highest BCUT2D eigenvalue weighted by molar-refractivity contribution is 5.54. The minimum Gasteiger partial charge on any atom is -0.454 e. The first-order valence-electron chi connectivity index (χ1n) is 6.12. The molecule has 4 heteroatoms. The number of fused-ring (bicyclic) bond motifs is 1. The van der Waals surface area contributed by atoms with Crippen LogP contribution in [-0.2, 0) is 6.54 Å². The monoisotopic (exact) mass is 259 g/mol. The van der Waals surface area contributed by atoms with Crippen molar-refractivity contribution in [2.24, 2.45) is 0 Å². The van der Waals surface area contributed by atoms with E-state index in [1.807, 2.05) is 24.3 Å². The highest BCUT2D eigenvalue weighted by Gasteiger charge is 2.16. The van der Waals surface area contributed by atoms with Gasteiger partial charge in [0.25, 0.3) is 0 Å². The van der Waals surface area contributed by atoms with E-state index in [0.29, 0.717) is 12.1 Å². The predicted octanol–water partition coefficient (Wildman–Crippen LogP) is 3.47. The summed E-state index contributed by atoms with van der Waals surface area (Å²) in [5.74, 6) is 1.32. The Morgan fingerprint density at radius 3 is 2.89 bits per heavy atom. The fourth-order valence-corrected chi connectivity index (χ4v) is 2.12. The third-order valence-electron chi connectivity index (χ3n) is 3.22. The number of hydrogen-bond acceptors (Lipinski definition) is 3. The van der Waals surface area contributed by atoms with Crippen LogP contribution in [0, 0.1) is 12.7 Å². The van der Waals surface area contributed by atoms with Crippen LogP contribution in [0.4, 0.5) is 10.1 Å². The van der Waals surface area contributed by atoms with E-state index < -0.39 is 0 Å². The van der Waals surface area contributed by atoms with Crippen LogP contribution in [0.2, 0.25) is 0 Å². The number of hydrogen-bond donors (Lipinski definition) is 1. The molecule has 19 heavy (non-hydrogen) atoms. The van der Waals surface area contributed by atoms with Crippen LogP contribution >= 0.6 is 0 Å². The van der Waals surface area contributed by atoms with Crippen LogP contribution in [0.1, 0.15) is 11.1 Å². The molecule has 1 aliphatic heterocycles. The molecule has 0 unspecified atom stereocenters. The molecule has 1 aliphatic rings. The van der Waals surface area contributed by atoms with E-state index in [2.05, 4.69) is 5.32 Å². The minimum atomic E-state index is -0.206. The van der Waals surface area contributed by atoms with Gasteiger partial charge in [-0.1, -0.05) is 18.2 Å². The summed E-state index contributed by atoms with van der Waals surface area (Å²) in [6, 6.07) is 10.8. The lowest BCUT2D eigenvalue weighted by Crippen LogP contribution is -2.03. The number of nitrogens with one attached hydrogen (secondary N) is 1. The number of rotatable bonds is 3. The van der Waals surface area contributed by atoms with Crippen molar-refractivity contribution in [3.05, 3.63) is 53.3 Å². The first-order chi connectivity index (χ1) is 9.25. The van der Waals surface area contributed by atoms with Crippen molar-refractivity contribution in [2.75, 3.05) is 12.1 Å². The van der Waals surface area contributed by atoms with Crippen LogP contribution in [-0.4, -0.2) is 6.79 Å². The minimum absolute atomic E-state index is 0.206. The zero-order chi connectivity index (χ0) is 13.2. The van der Waals surface area contributed by atoms with Crippen molar-refractivity contribution < 1.29 is 13.9 Å². The summed E-state index contributed by atoms with van der Waals surface area (Å²) in [4.78, 5) is 0. The van der Waals surface area contributed by atoms with E-state index in [4.69, 9.17) is 9.47 Å². The molecule has 0 bridgehead atoms. The largest absolute Gasteiger partial charge is 0.454 e. The third-order valence-corrected chi connectivity index (χ3v) is 3.22. The van der Waals surface area contributed by atoms with E-state index in [1.54, 1.807) is 13.0 Å². The summed E-state index contributed by atoms with van der Waals surface area (Å²) in [5, 5.41) is 3.22. The Hall–Kier alpha value is -2.23. The van der Waals surface area contributed by atoms with Gasteiger partial charge in [-0.2, -0.15) is 0 Å². The Morgan fingerprint density at radius 2 is 2.00 bits per heavy atom. The Morgan fingerprint density at radius 1 is 1.16 bits per heavy atom. The maximum absolute atomic E-state index is 13.4.